The van der Waals surface area contributed by atoms with Crippen LogP contribution >= 0.6 is 0 Å². The molecule has 150 valence electrons. The average Bonchev–Trinajstić information content (AvgIpc) is 3.18. The van der Waals surface area contributed by atoms with Crippen molar-refractivity contribution in [2.24, 2.45) is 4.99 Å². The lowest BCUT2D eigenvalue weighted by atomic mass is 10.1. The molecule has 3 rings (SSSR count). The maximum absolute atomic E-state index is 12.4. The van der Waals surface area contributed by atoms with Crippen molar-refractivity contribution in [3.05, 3.63) is 17.5 Å². The van der Waals surface area contributed by atoms with E-state index in [1.165, 1.54) is 6.42 Å². The van der Waals surface area contributed by atoms with Crippen molar-refractivity contribution >= 4 is 11.9 Å². The van der Waals surface area contributed by atoms with Crippen molar-refractivity contribution in [3.8, 4) is 0 Å². The molecule has 0 aromatic carbocycles. The minimum absolute atomic E-state index is 0.280. The van der Waals surface area contributed by atoms with Crippen LogP contribution < -0.4 is 5.32 Å². The first-order chi connectivity index (χ1) is 13.2. The molecule has 0 bridgehead atoms. The van der Waals surface area contributed by atoms with E-state index >= 15 is 0 Å². The standard InChI is InChI=1S/C19H32N6O2/c1-3-16-13-17(27-22-16)14-21-19(20-2)25-11-9-23(10-12-25)15-18(26)24-7-5-4-6-8-24/h13H,3-12,14-15H2,1-2H3,(H,20,21). The Bertz CT molecular complexity index is 630. The van der Waals surface area contributed by atoms with Gasteiger partial charge in [-0.1, -0.05) is 12.1 Å². The quantitative estimate of drug-likeness (QED) is 0.609. The molecule has 8 heteroatoms. The molecule has 0 aliphatic carbocycles. The van der Waals surface area contributed by atoms with Gasteiger partial charge in [0, 0.05) is 52.4 Å². The zero-order valence-electron chi connectivity index (χ0n) is 16.6. The van der Waals surface area contributed by atoms with Crippen LogP contribution in [0.2, 0.25) is 0 Å². The summed E-state index contributed by atoms with van der Waals surface area (Å²) < 4.78 is 5.32. The topological polar surface area (TPSA) is 77.2 Å². The first-order valence-electron chi connectivity index (χ1n) is 10.1. The summed E-state index contributed by atoms with van der Waals surface area (Å²) in [6.07, 6.45) is 4.41. The van der Waals surface area contributed by atoms with Crippen LogP contribution in [0, 0.1) is 0 Å². The molecule has 1 amide bonds. The molecule has 1 N–H and O–H groups in total. The normalized spacial score (nSPS) is 19.4. The Labute approximate surface area is 161 Å². The lowest BCUT2D eigenvalue weighted by molar-refractivity contribution is -0.133. The van der Waals surface area contributed by atoms with Crippen molar-refractivity contribution < 1.29 is 9.32 Å². The molecule has 1 aromatic rings. The third kappa shape index (κ3) is 5.45. The van der Waals surface area contributed by atoms with E-state index in [0.717, 1.165) is 75.9 Å². The Kier molecular flexibility index (Phi) is 7.09. The number of carbonyl (C=O) groups is 1. The smallest absolute Gasteiger partial charge is 0.236 e. The Morgan fingerprint density at radius 3 is 2.52 bits per heavy atom. The summed E-state index contributed by atoms with van der Waals surface area (Å²) in [5, 5.41) is 7.36. The number of likely N-dealkylation sites (tertiary alicyclic amines) is 1. The molecule has 2 aliphatic rings. The van der Waals surface area contributed by atoms with Gasteiger partial charge in [0.25, 0.3) is 0 Å². The molecule has 8 nitrogen and oxygen atoms in total. The second-order valence-corrected chi connectivity index (χ2v) is 7.24. The van der Waals surface area contributed by atoms with Gasteiger partial charge >= 0.3 is 0 Å². The molecule has 0 radical (unpaired) electrons. The van der Waals surface area contributed by atoms with E-state index in [1.807, 2.05) is 11.0 Å². The van der Waals surface area contributed by atoms with Gasteiger partial charge in [-0.2, -0.15) is 0 Å². The summed E-state index contributed by atoms with van der Waals surface area (Å²) in [4.78, 5) is 23.3. The monoisotopic (exact) mass is 376 g/mol. The van der Waals surface area contributed by atoms with Crippen LogP contribution in [0.4, 0.5) is 0 Å². The number of amides is 1. The van der Waals surface area contributed by atoms with Gasteiger partial charge in [0.1, 0.15) is 0 Å². The fourth-order valence-electron chi connectivity index (χ4n) is 3.66. The van der Waals surface area contributed by atoms with Crippen LogP contribution in [-0.2, 0) is 17.8 Å². The van der Waals surface area contributed by atoms with E-state index < -0.39 is 0 Å². The number of piperazine rings is 1. The van der Waals surface area contributed by atoms with Gasteiger partial charge in [-0.05, 0) is 25.7 Å². The molecule has 1 aromatic heterocycles. The van der Waals surface area contributed by atoms with Crippen molar-refractivity contribution in [1.82, 2.24) is 25.2 Å². The summed E-state index contributed by atoms with van der Waals surface area (Å²) in [5.41, 5.74) is 0.966. The number of nitrogens with zero attached hydrogens (tertiary/aromatic N) is 5. The molecule has 3 heterocycles. The van der Waals surface area contributed by atoms with Gasteiger partial charge < -0.3 is 19.6 Å². The zero-order chi connectivity index (χ0) is 19.1. The minimum Gasteiger partial charge on any atom is -0.359 e. The number of nitrogens with one attached hydrogen (secondary N) is 1. The fraction of sp³-hybridized carbons (Fsp3) is 0.737. The largest absolute Gasteiger partial charge is 0.359 e. The zero-order valence-corrected chi connectivity index (χ0v) is 16.6. The molecule has 0 saturated carbocycles. The molecular formula is C19H32N6O2. The van der Waals surface area contributed by atoms with Gasteiger partial charge in [-0.3, -0.25) is 14.7 Å². The van der Waals surface area contributed by atoms with Crippen LogP contribution in [0.5, 0.6) is 0 Å². The van der Waals surface area contributed by atoms with Crippen LogP contribution in [0.15, 0.2) is 15.6 Å². The highest BCUT2D eigenvalue weighted by Crippen LogP contribution is 2.10. The Balaban J connectivity index is 1.42. The number of guanidine groups is 1. The van der Waals surface area contributed by atoms with E-state index in [4.69, 9.17) is 4.52 Å². The number of aryl methyl sites for hydroxylation is 1. The molecule has 2 aliphatic heterocycles. The first-order valence-corrected chi connectivity index (χ1v) is 10.1. The SMILES string of the molecule is CCc1cc(CNC(=NC)N2CCN(CC(=O)N3CCCCC3)CC2)on1. The molecule has 0 atom stereocenters. The Morgan fingerprint density at radius 1 is 1.15 bits per heavy atom. The summed E-state index contributed by atoms with van der Waals surface area (Å²) in [7, 11) is 1.80. The number of aromatic nitrogens is 1. The number of piperidine rings is 1. The number of hydrogen-bond donors (Lipinski definition) is 1. The summed E-state index contributed by atoms with van der Waals surface area (Å²) in [6, 6.07) is 1.98. The molecule has 2 saturated heterocycles. The predicted octanol–water partition coefficient (Wildman–Crippen LogP) is 0.943. The molecule has 0 spiro atoms. The van der Waals surface area contributed by atoms with E-state index in [-0.39, 0.29) is 5.91 Å². The van der Waals surface area contributed by atoms with Crippen molar-refractivity contribution in [2.45, 2.75) is 39.2 Å². The highest BCUT2D eigenvalue weighted by molar-refractivity contribution is 5.80. The molecule has 27 heavy (non-hydrogen) atoms. The van der Waals surface area contributed by atoms with E-state index in [1.54, 1.807) is 7.05 Å². The van der Waals surface area contributed by atoms with E-state index in [9.17, 15) is 4.79 Å². The second-order valence-electron chi connectivity index (χ2n) is 7.24. The fourth-order valence-corrected chi connectivity index (χ4v) is 3.66. The summed E-state index contributed by atoms with van der Waals surface area (Å²) in [5.74, 6) is 1.97. The van der Waals surface area contributed by atoms with Crippen molar-refractivity contribution in [3.63, 3.8) is 0 Å². The maximum atomic E-state index is 12.4. The lowest BCUT2D eigenvalue weighted by Gasteiger charge is -2.37. The van der Waals surface area contributed by atoms with Crippen LogP contribution in [0.1, 0.15) is 37.6 Å². The minimum atomic E-state index is 0.280. The van der Waals surface area contributed by atoms with Crippen molar-refractivity contribution in [2.75, 3.05) is 52.9 Å². The van der Waals surface area contributed by atoms with E-state index in [0.29, 0.717) is 13.1 Å². The van der Waals surface area contributed by atoms with Gasteiger partial charge in [-0.15, -0.1) is 0 Å². The Hall–Kier alpha value is -2.09. The number of carbonyl (C=O) groups excluding carboxylic acids is 1. The maximum Gasteiger partial charge on any atom is 0.236 e. The van der Waals surface area contributed by atoms with Gasteiger partial charge in [0.15, 0.2) is 11.7 Å². The van der Waals surface area contributed by atoms with Crippen LogP contribution in [-0.4, -0.2) is 84.6 Å². The molecule has 2 fully saturated rings. The molecule has 0 unspecified atom stereocenters. The van der Waals surface area contributed by atoms with Crippen LogP contribution in [0.3, 0.4) is 0 Å². The van der Waals surface area contributed by atoms with Crippen LogP contribution in [0.25, 0.3) is 0 Å². The third-order valence-corrected chi connectivity index (χ3v) is 5.34. The highest BCUT2D eigenvalue weighted by Gasteiger charge is 2.24. The number of rotatable bonds is 5. The third-order valence-electron chi connectivity index (χ3n) is 5.34. The highest BCUT2D eigenvalue weighted by atomic mass is 16.5. The number of hydrogen-bond acceptors (Lipinski definition) is 5. The lowest BCUT2D eigenvalue weighted by Crippen LogP contribution is -2.54. The van der Waals surface area contributed by atoms with Gasteiger partial charge in [0.2, 0.25) is 5.91 Å². The first kappa shape index (κ1) is 19.7. The molecular weight excluding hydrogens is 344 g/mol. The van der Waals surface area contributed by atoms with E-state index in [2.05, 4.69) is 32.2 Å². The second kappa shape index (κ2) is 9.73. The predicted molar refractivity (Wildman–Crippen MR) is 105 cm³/mol. The van der Waals surface area contributed by atoms with Gasteiger partial charge in [-0.25, -0.2) is 0 Å². The van der Waals surface area contributed by atoms with Crippen molar-refractivity contribution in [1.29, 1.82) is 0 Å². The average molecular weight is 377 g/mol. The Morgan fingerprint density at radius 2 is 1.89 bits per heavy atom. The summed E-state index contributed by atoms with van der Waals surface area (Å²) in [6.45, 7) is 8.51. The van der Waals surface area contributed by atoms with Gasteiger partial charge in [0.05, 0.1) is 18.8 Å². The summed E-state index contributed by atoms with van der Waals surface area (Å²) >= 11 is 0. The number of aliphatic imine (C=N–C) groups is 1.